The molecule has 2 heterocycles. The van der Waals surface area contributed by atoms with Crippen molar-refractivity contribution in [2.75, 3.05) is 0 Å². The van der Waals surface area contributed by atoms with Gasteiger partial charge in [-0.15, -0.1) is 0 Å². The van der Waals surface area contributed by atoms with Crippen LogP contribution in [0.25, 0.3) is 0 Å². The highest BCUT2D eigenvalue weighted by Crippen LogP contribution is 2.78. The Morgan fingerprint density at radius 1 is 0.974 bits per heavy atom. The maximum atomic E-state index is 12.3. The van der Waals surface area contributed by atoms with Crippen molar-refractivity contribution in [3.63, 3.8) is 0 Å². The third-order valence-corrected chi connectivity index (χ3v) is 11.5. The van der Waals surface area contributed by atoms with E-state index in [-0.39, 0.29) is 52.3 Å². The second-order valence-corrected chi connectivity index (χ2v) is 13.1. The van der Waals surface area contributed by atoms with Gasteiger partial charge in [-0.3, -0.25) is 19.3 Å². The van der Waals surface area contributed by atoms with Crippen LogP contribution in [0.4, 0.5) is 0 Å². The third kappa shape index (κ3) is 3.37. The zero-order chi connectivity index (χ0) is 27.2. The number of hydrogen-bond donors (Lipinski definition) is 0. The van der Waals surface area contributed by atoms with Crippen molar-refractivity contribution in [3.05, 3.63) is 34.4 Å². The lowest BCUT2D eigenvalue weighted by Crippen LogP contribution is -2.59. The summed E-state index contributed by atoms with van der Waals surface area (Å²) in [6.07, 6.45) is 7.70. The van der Waals surface area contributed by atoms with E-state index in [0.29, 0.717) is 17.8 Å². The van der Waals surface area contributed by atoms with Crippen LogP contribution in [0, 0.1) is 28.6 Å². The lowest BCUT2D eigenvalue weighted by atomic mass is 9.44. The summed E-state index contributed by atoms with van der Waals surface area (Å²) in [5, 5.41) is 0. The molecule has 4 aliphatic carbocycles. The normalized spacial score (nSPS) is 44.6. The molecule has 5 fully saturated rings. The molecule has 1 aromatic heterocycles. The van der Waals surface area contributed by atoms with Crippen LogP contribution >= 0.6 is 0 Å². The highest BCUT2D eigenvalue weighted by Gasteiger charge is 2.84. The topological polar surface area (TPSA) is 106 Å². The van der Waals surface area contributed by atoms with Crippen molar-refractivity contribution < 1.29 is 28.3 Å². The number of ether oxygens (including phenoxy) is 2. The molecule has 0 radical (unpaired) electrons. The Labute approximate surface area is 223 Å². The first-order valence-electron chi connectivity index (χ1n) is 14.2. The minimum absolute atomic E-state index is 0.0199. The van der Waals surface area contributed by atoms with Gasteiger partial charge in [0.25, 0.3) is 0 Å². The first kappa shape index (κ1) is 25.8. The second kappa shape index (κ2) is 8.51. The summed E-state index contributed by atoms with van der Waals surface area (Å²) in [6, 6.07) is 3.24. The van der Waals surface area contributed by atoms with E-state index in [9.17, 15) is 19.2 Å². The Morgan fingerprint density at radius 3 is 2.34 bits per heavy atom. The number of carbonyl (C=O) groups excluding carboxylic acids is 3. The molecule has 0 bridgehead atoms. The highest BCUT2D eigenvalue weighted by molar-refractivity contribution is 5.93. The van der Waals surface area contributed by atoms with Crippen molar-refractivity contribution in [1.29, 1.82) is 0 Å². The Kier molecular flexibility index (Phi) is 5.77. The van der Waals surface area contributed by atoms with Gasteiger partial charge in [0.2, 0.25) is 11.8 Å². The Morgan fingerprint density at radius 2 is 1.71 bits per heavy atom. The molecule has 8 heteroatoms. The van der Waals surface area contributed by atoms with Gasteiger partial charge >= 0.3 is 11.6 Å². The molecule has 0 aromatic carbocycles. The SMILES string of the molecule is CC(=O)O[C@H]1[C@H]2O[C@]23[C@@H]2CC[C@@H]4C[C@@H](N(C(C)=O)C(C)=O)CC[C@]4(C)[C@H]2CC[C@]3(C)[C@H]1c1ccc(=O)oc1. The van der Waals surface area contributed by atoms with E-state index in [1.807, 2.05) is 6.07 Å². The summed E-state index contributed by atoms with van der Waals surface area (Å²) >= 11 is 0. The molecule has 8 nitrogen and oxygen atoms in total. The van der Waals surface area contributed by atoms with E-state index < -0.39 is 11.7 Å². The summed E-state index contributed by atoms with van der Waals surface area (Å²) in [4.78, 5) is 49.9. The standard InChI is InChI=1S/C30H39NO7/c1-16(32)31(17(2)33)21-10-12-28(4)20(14-21)7-8-23-22(28)11-13-29(5)25(19-6-9-24(35)36-15-19)26(37-18(3)34)27-30(23,29)38-27/h6,9,15,20-23,25-27H,7-8,10-14H2,1-5H3/t20-,21+,22+,23-,25+,26-,27-,28+,29-,30-/m1/s1. The minimum Gasteiger partial charge on any atom is -0.459 e. The first-order valence-corrected chi connectivity index (χ1v) is 14.2. The second-order valence-electron chi connectivity index (χ2n) is 13.1. The van der Waals surface area contributed by atoms with Gasteiger partial charge in [-0.1, -0.05) is 13.8 Å². The molecule has 1 aromatic rings. The number of rotatable bonds is 3. The van der Waals surface area contributed by atoms with Crippen molar-refractivity contribution in [3.8, 4) is 0 Å². The smallest absolute Gasteiger partial charge is 0.335 e. The summed E-state index contributed by atoms with van der Waals surface area (Å²) in [6.45, 7) is 9.14. The molecule has 1 saturated heterocycles. The third-order valence-electron chi connectivity index (χ3n) is 11.5. The van der Waals surface area contributed by atoms with Crippen LogP contribution in [0.15, 0.2) is 27.6 Å². The molecule has 38 heavy (non-hydrogen) atoms. The minimum atomic E-state index is -0.412. The van der Waals surface area contributed by atoms with Crippen molar-refractivity contribution >= 4 is 17.8 Å². The fourth-order valence-electron chi connectivity index (χ4n) is 10.1. The number of imide groups is 1. The van der Waals surface area contributed by atoms with E-state index in [0.717, 1.165) is 50.5 Å². The fourth-order valence-corrected chi connectivity index (χ4v) is 10.1. The van der Waals surface area contributed by atoms with Crippen LogP contribution in [-0.2, 0) is 23.9 Å². The van der Waals surface area contributed by atoms with Crippen LogP contribution in [0.5, 0.6) is 0 Å². The molecule has 0 N–H and O–H groups in total. The zero-order valence-electron chi connectivity index (χ0n) is 23.0. The van der Waals surface area contributed by atoms with Crippen LogP contribution in [0.2, 0.25) is 0 Å². The van der Waals surface area contributed by atoms with Crippen LogP contribution in [0.3, 0.4) is 0 Å². The van der Waals surface area contributed by atoms with Gasteiger partial charge in [-0.2, -0.15) is 0 Å². The molecule has 10 atom stereocenters. The number of carbonyl (C=O) groups is 3. The molecule has 1 aliphatic heterocycles. The van der Waals surface area contributed by atoms with E-state index in [1.165, 1.54) is 38.0 Å². The van der Waals surface area contributed by atoms with E-state index >= 15 is 0 Å². The molecule has 206 valence electrons. The number of nitrogens with zero attached hydrogens (tertiary/aromatic N) is 1. The van der Waals surface area contributed by atoms with Gasteiger partial charge < -0.3 is 13.9 Å². The predicted octanol–water partition coefficient (Wildman–Crippen LogP) is 4.20. The molecule has 5 aliphatic rings. The molecular weight excluding hydrogens is 486 g/mol. The fraction of sp³-hybridized carbons (Fsp3) is 0.733. The molecule has 6 rings (SSSR count). The largest absolute Gasteiger partial charge is 0.459 e. The van der Waals surface area contributed by atoms with Crippen LogP contribution in [0.1, 0.15) is 91.0 Å². The summed E-state index contributed by atoms with van der Waals surface area (Å²) in [7, 11) is 0. The predicted molar refractivity (Wildman–Crippen MR) is 137 cm³/mol. The lowest BCUT2D eigenvalue weighted by Gasteiger charge is -2.61. The van der Waals surface area contributed by atoms with Crippen LogP contribution < -0.4 is 5.63 Å². The summed E-state index contributed by atoms with van der Waals surface area (Å²) in [5.41, 5.74) is -0.0114. The number of esters is 1. The monoisotopic (exact) mass is 525 g/mol. The summed E-state index contributed by atoms with van der Waals surface area (Å²) < 4.78 is 17.9. The Balaban J connectivity index is 1.32. The maximum absolute atomic E-state index is 12.3. The van der Waals surface area contributed by atoms with Gasteiger partial charge in [0.05, 0.1) is 6.26 Å². The van der Waals surface area contributed by atoms with Crippen molar-refractivity contribution in [2.45, 2.75) is 109 Å². The first-order chi connectivity index (χ1) is 17.9. The van der Waals surface area contributed by atoms with E-state index in [4.69, 9.17) is 13.9 Å². The number of hydrogen-bond acceptors (Lipinski definition) is 7. The molecule has 4 saturated carbocycles. The van der Waals surface area contributed by atoms with E-state index in [2.05, 4.69) is 13.8 Å². The Bertz CT molecular complexity index is 1210. The van der Waals surface area contributed by atoms with Gasteiger partial charge in [-0.05, 0) is 79.7 Å². The average molecular weight is 526 g/mol. The summed E-state index contributed by atoms with van der Waals surface area (Å²) in [5.74, 6) is 0.519. The molecular formula is C30H39NO7. The van der Waals surface area contributed by atoms with Crippen molar-refractivity contribution in [1.82, 2.24) is 4.90 Å². The molecule has 0 unspecified atom stereocenters. The lowest BCUT2D eigenvalue weighted by molar-refractivity contribution is -0.161. The van der Waals surface area contributed by atoms with Gasteiger partial charge in [0.1, 0.15) is 17.8 Å². The highest BCUT2D eigenvalue weighted by atomic mass is 16.7. The number of fused-ring (bicyclic) bond motifs is 3. The Hall–Kier alpha value is -2.48. The van der Waals surface area contributed by atoms with Crippen LogP contribution in [-0.4, -0.2) is 46.5 Å². The van der Waals surface area contributed by atoms with Gasteiger partial charge in [0, 0.05) is 44.2 Å². The van der Waals surface area contributed by atoms with Gasteiger partial charge in [-0.25, -0.2) is 4.79 Å². The maximum Gasteiger partial charge on any atom is 0.335 e. The average Bonchev–Trinajstić information content (AvgIpc) is 3.54. The quantitative estimate of drug-likeness (QED) is 0.430. The number of amides is 2. The van der Waals surface area contributed by atoms with E-state index in [1.54, 1.807) is 0 Å². The molecule has 1 spiro atoms. The number of epoxide rings is 1. The zero-order valence-corrected chi connectivity index (χ0v) is 23.0. The molecule has 2 amide bonds. The van der Waals surface area contributed by atoms with Crippen molar-refractivity contribution in [2.24, 2.45) is 28.6 Å². The van der Waals surface area contributed by atoms with Gasteiger partial charge in [0.15, 0.2) is 0 Å².